The minimum absolute atomic E-state index is 0.242. The van der Waals surface area contributed by atoms with Crippen LogP contribution in [0.25, 0.3) is 0 Å². The topological polar surface area (TPSA) is 93.2 Å². The summed E-state index contributed by atoms with van der Waals surface area (Å²) in [7, 11) is 1.74. The second kappa shape index (κ2) is 12.1. The van der Waals surface area contributed by atoms with Crippen LogP contribution >= 0.6 is 0 Å². The molecule has 0 aromatic carbocycles. The van der Waals surface area contributed by atoms with Gasteiger partial charge in [0.15, 0.2) is 5.96 Å². The van der Waals surface area contributed by atoms with E-state index in [4.69, 9.17) is 14.2 Å². The molecule has 3 N–H and O–H groups in total. The van der Waals surface area contributed by atoms with Crippen LogP contribution in [0.4, 0.5) is 4.79 Å². The van der Waals surface area contributed by atoms with Gasteiger partial charge in [-0.1, -0.05) is 13.8 Å². The fraction of sp³-hybridized carbons (Fsp3) is 0.900. The van der Waals surface area contributed by atoms with Crippen molar-refractivity contribution in [3.05, 3.63) is 0 Å². The van der Waals surface area contributed by atoms with E-state index in [1.807, 2.05) is 20.8 Å². The van der Waals surface area contributed by atoms with E-state index in [0.717, 1.165) is 38.8 Å². The first-order chi connectivity index (χ1) is 13.2. The van der Waals surface area contributed by atoms with Gasteiger partial charge < -0.3 is 30.2 Å². The number of ether oxygens (including phenoxy) is 3. The molecule has 1 heterocycles. The van der Waals surface area contributed by atoms with Crippen LogP contribution in [0.15, 0.2) is 4.99 Å². The molecule has 1 unspecified atom stereocenters. The standard InChI is InChI=1S/C20H40N4O4/c1-7-20(8-2,24-18(25)28-19(3,4)5)15-23-17(21-6)22-11-9-12-27-16-10-13-26-14-16/h16H,7-15H2,1-6H3,(H,24,25)(H2,21,22,23). The molecule has 0 radical (unpaired) electrons. The van der Waals surface area contributed by atoms with Crippen molar-refractivity contribution in [1.82, 2.24) is 16.0 Å². The van der Waals surface area contributed by atoms with Gasteiger partial charge in [0.05, 0.1) is 18.2 Å². The van der Waals surface area contributed by atoms with Crippen molar-refractivity contribution in [2.45, 2.75) is 77.5 Å². The third-order valence-corrected chi connectivity index (χ3v) is 4.79. The highest BCUT2D eigenvalue weighted by Crippen LogP contribution is 2.16. The molecule has 1 atom stereocenters. The summed E-state index contributed by atoms with van der Waals surface area (Å²) >= 11 is 0. The van der Waals surface area contributed by atoms with Gasteiger partial charge in [-0.05, 0) is 46.5 Å². The zero-order chi connectivity index (χ0) is 21.0. The normalized spacial score (nSPS) is 18.1. The number of hydrogen-bond acceptors (Lipinski definition) is 5. The van der Waals surface area contributed by atoms with Crippen LogP contribution in [0.2, 0.25) is 0 Å². The number of nitrogens with one attached hydrogen (secondary N) is 3. The first-order valence-corrected chi connectivity index (χ1v) is 10.4. The van der Waals surface area contributed by atoms with E-state index in [-0.39, 0.29) is 6.10 Å². The van der Waals surface area contributed by atoms with Gasteiger partial charge in [0.2, 0.25) is 0 Å². The van der Waals surface area contributed by atoms with E-state index in [0.29, 0.717) is 25.7 Å². The molecule has 164 valence electrons. The first kappa shape index (κ1) is 24.5. The highest BCUT2D eigenvalue weighted by molar-refractivity contribution is 5.79. The number of alkyl carbamates (subject to hydrolysis) is 1. The molecule has 0 aliphatic carbocycles. The Bertz CT molecular complexity index is 481. The van der Waals surface area contributed by atoms with Crippen LogP contribution in [0.5, 0.6) is 0 Å². The lowest BCUT2D eigenvalue weighted by Crippen LogP contribution is -2.57. The highest BCUT2D eigenvalue weighted by Gasteiger charge is 2.30. The smallest absolute Gasteiger partial charge is 0.408 e. The van der Waals surface area contributed by atoms with Gasteiger partial charge in [-0.15, -0.1) is 0 Å². The van der Waals surface area contributed by atoms with Gasteiger partial charge >= 0.3 is 6.09 Å². The monoisotopic (exact) mass is 400 g/mol. The Morgan fingerprint density at radius 2 is 1.93 bits per heavy atom. The van der Waals surface area contributed by atoms with Gasteiger partial charge in [-0.3, -0.25) is 4.99 Å². The van der Waals surface area contributed by atoms with Crippen molar-refractivity contribution in [2.75, 3.05) is 40.0 Å². The Balaban J connectivity index is 2.38. The molecule has 0 aromatic rings. The summed E-state index contributed by atoms with van der Waals surface area (Å²) in [4.78, 5) is 16.5. The zero-order valence-corrected chi connectivity index (χ0v) is 18.5. The quantitative estimate of drug-likeness (QED) is 0.296. The van der Waals surface area contributed by atoms with E-state index < -0.39 is 17.2 Å². The molecule has 0 saturated carbocycles. The Kier molecular flexibility index (Phi) is 10.6. The molecule has 1 amide bonds. The molecule has 1 aliphatic rings. The van der Waals surface area contributed by atoms with Gasteiger partial charge in [0, 0.05) is 33.4 Å². The Morgan fingerprint density at radius 3 is 2.46 bits per heavy atom. The number of hydrogen-bond donors (Lipinski definition) is 3. The lowest BCUT2D eigenvalue weighted by molar-refractivity contribution is 0.0419. The Morgan fingerprint density at radius 1 is 1.21 bits per heavy atom. The van der Waals surface area contributed by atoms with Crippen molar-refractivity contribution in [2.24, 2.45) is 4.99 Å². The molecular weight excluding hydrogens is 360 g/mol. The second-order valence-corrected chi connectivity index (χ2v) is 8.18. The van der Waals surface area contributed by atoms with Crippen molar-refractivity contribution < 1.29 is 19.0 Å². The molecule has 0 bridgehead atoms. The summed E-state index contributed by atoms with van der Waals surface area (Å²) in [5.74, 6) is 0.710. The molecule has 8 heteroatoms. The molecule has 1 saturated heterocycles. The number of carbonyl (C=O) groups is 1. The third-order valence-electron chi connectivity index (χ3n) is 4.79. The van der Waals surface area contributed by atoms with Gasteiger partial charge in [0.25, 0.3) is 0 Å². The summed E-state index contributed by atoms with van der Waals surface area (Å²) in [6, 6.07) is 0. The van der Waals surface area contributed by atoms with Crippen LogP contribution in [-0.4, -0.2) is 69.3 Å². The number of nitrogens with zero attached hydrogens (tertiary/aromatic N) is 1. The van der Waals surface area contributed by atoms with E-state index in [9.17, 15) is 4.79 Å². The maximum Gasteiger partial charge on any atom is 0.408 e. The zero-order valence-electron chi connectivity index (χ0n) is 18.5. The lowest BCUT2D eigenvalue weighted by atomic mass is 9.93. The third kappa shape index (κ3) is 9.59. The number of guanidine groups is 1. The Hall–Kier alpha value is -1.54. The van der Waals surface area contributed by atoms with E-state index in [1.54, 1.807) is 7.05 Å². The van der Waals surface area contributed by atoms with Gasteiger partial charge in [-0.2, -0.15) is 0 Å². The van der Waals surface area contributed by atoms with Crippen molar-refractivity contribution in [1.29, 1.82) is 0 Å². The molecule has 0 aromatic heterocycles. The largest absolute Gasteiger partial charge is 0.444 e. The van der Waals surface area contributed by atoms with Crippen molar-refractivity contribution >= 4 is 12.1 Å². The number of carbonyl (C=O) groups excluding carboxylic acids is 1. The van der Waals surface area contributed by atoms with Crippen LogP contribution in [0.3, 0.4) is 0 Å². The molecule has 1 rings (SSSR count). The lowest BCUT2D eigenvalue weighted by Gasteiger charge is -2.34. The average Bonchev–Trinajstić information content (AvgIpc) is 3.14. The maximum atomic E-state index is 12.2. The summed E-state index contributed by atoms with van der Waals surface area (Å²) in [6.07, 6.45) is 3.28. The van der Waals surface area contributed by atoms with E-state index in [1.165, 1.54) is 0 Å². The minimum atomic E-state index is -0.519. The predicted molar refractivity (Wildman–Crippen MR) is 112 cm³/mol. The van der Waals surface area contributed by atoms with E-state index in [2.05, 4.69) is 34.8 Å². The van der Waals surface area contributed by atoms with Crippen molar-refractivity contribution in [3.63, 3.8) is 0 Å². The predicted octanol–water partition coefficient (Wildman–Crippen LogP) is 2.43. The summed E-state index contributed by atoms with van der Waals surface area (Å²) in [5.41, 5.74) is -0.916. The molecule has 8 nitrogen and oxygen atoms in total. The fourth-order valence-corrected chi connectivity index (χ4v) is 2.89. The van der Waals surface area contributed by atoms with Crippen LogP contribution < -0.4 is 16.0 Å². The second-order valence-electron chi connectivity index (χ2n) is 8.18. The van der Waals surface area contributed by atoms with E-state index >= 15 is 0 Å². The minimum Gasteiger partial charge on any atom is -0.444 e. The summed E-state index contributed by atoms with van der Waals surface area (Å²) in [6.45, 7) is 13.2. The summed E-state index contributed by atoms with van der Waals surface area (Å²) in [5, 5.41) is 9.65. The fourth-order valence-electron chi connectivity index (χ4n) is 2.89. The van der Waals surface area contributed by atoms with Crippen molar-refractivity contribution in [3.8, 4) is 0 Å². The molecule has 1 aliphatic heterocycles. The Labute approximate surface area is 170 Å². The van der Waals surface area contributed by atoms with Crippen LogP contribution in [0, 0.1) is 0 Å². The number of aliphatic imine (C=N–C) groups is 1. The maximum absolute atomic E-state index is 12.2. The SMILES string of the molecule is CCC(CC)(CNC(=NC)NCCCOC1CCOC1)NC(=O)OC(C)(C)C. The highest BCUT2D eigenvalue weighted by atomic mass is 16.6. The molecule has 1 fully saturated rings. The molecular formula is C20H40N4O4. The average molecular weight is 401 g/mol. The van der Waals surface area contributed by atoms with Crippen LogP contribution in [0.1, 0.15) is 60.3 Å². The molecule has 28 heavy (non-hydrogen) atoms. The first-order valence-electron chi connectivity index (χ1n) is 10.4. The molecule has 0 spiro atoms. The number of rotatable bonds is 10. The van der Waals surface area contributed by atoms with Crippen LogP contribution in [-0.2, 0) is 14.2 Å². The van der Waals surface area contributed by atoms with Gasteiger partial charge in [-0.25, -0.2) is 4.79 Å². The number of amides is 1. The van der Waals surface area contributed by atoms with Gasteiger partial charge in [0.1, 0.15) is 5.60 Å². The summed E-state index contributed by atoms with van der Waals surface area (Å²) < 4.78 is 16.5.